The molecule has 2 aromatic heterocycles. The highest BCUT2D eigenvalue weighted by Gasteiger charge is 2.36. The van der Waals surface area contributed by atoms with Crippen molar-refractivity contribution in [3.63, 3.8) is 0 Å². The smallest absolute Gasteiger partial charge is 0.358 e. The average Bonchev–Trinajstić information content (AvgIpc) is 2.77. The molecule has 3 rings (SSSR count). The van der Waals surface area contributed by atoms with Crippen LogP contribution in [0.1, 0.15) is 18.1 Å². The van der Waals surface area contributed by atoms with E-state index in [4.69, 9.17) is 0 Å². The fourth-order valence-electron chi connectivity index (χ4n) is 2.78. The molecule has 0 aliphatic rings. The Morgan fingerprint density at radius 2 is 1.84 bits per heavy atom. The molecule has 0 aliphatic carbocycles. The highest BCUT2D eigenvalue weighted by molar-refractivity contribution is 5.83. The van der Waals surface area contributed by atoms with Crippen LogP contribution in [-0.4, -0.2) is 33.9 Å². The van der Waals surface area contributed by atoms with Gasteiger partial charge in [0.05, 0.1) is 5.69 Å². The highest BCUT2D eigenvalue weighted by Crippen LogP contribution is 2.34. The molecule has 31 heavy (non-hydrogen) atoms. The zero-order valence-corrected chi connectivity index (χ0v) is 16.9. The number of hydrogen-bond acceptors (Lipinski definition) is 6. The quantitative estimate of drug-likeness (QED) is 0.529. The van der Waals surface area contributed by atoms with Crippen LogP contribution >= 0.6 is 0 Å². The minimum absolute atomic E-state index is 0.00779. The molecule has 0 radical (unpaired) electrons. The van der Waals surface area contributed by atoms with Crippen LogP contribution in [0, 0.1) is 0 Å². The van der Waals surface area contributed by atoms with Crippen LogP contribution in [0.2, 0.25) is 0 Å². The lowest BCUT2D eigenvalue weighted by atomic mass is 10.1. The summed E-state index contributed by atoms with van der Waals surface area (Å²) < 4.78 is 39.9. The fraction of sp³-hybridized carbons (Fsp3) is 0.238. The summed E-state index contributed by atoms with van der Waals surface area (Å²) in [5.74, 6) is -0.922. The van der Waals surface area contributed by atoms with E-state index in [1.165, 1.54) is 14.0 Å². The third kappa shape index (κ3) is 5.68. The van der Waals surface area contributed by atoms with E-state index >= 15 is 0 Å². The van der Waals surface area contributed by atoms with Crippen LogP contribution in [0.15, 0.2) is 54.9 Å². The molecule has 0 unspecified atom stereocenters. The highest BCUT2D eigenvalue weighted by atomic mass is 19.4. The fourth-order valence-corrected chi connectivity index (χ4v) is 2.78. The SMILES string of the molecule is CNC(=O)[C@@H](C)Nc1nc(NCc2ccc(-c3ccccn3)cc2)ncc1C(F)(F)F. The standard InChI is InChI=1S/C21H21F3N6O/c1-13(19(31)25-2)29-18-16(21(22,23)24)12-28-20(30-18)27-11-14-6-8-15(9-7-14)17-5-3-4-10-26-17/h3-10,12-13H,11H2,1-2H3,(H,25,31)(H2,27,28,29,30)/t13-/m1/s1. The van der Waals surface area contributed by atoms with Gasteiger partial charge in [-0.15, -0.1) is 0 Å². The molecule has 0 bridgehead atoms. The Labute approximate surface area is 177 Å². The molecule has 162 valence electrons. The first-order valence-corrected chi connectivity index (χ1v) is 9.44. The second kappa shape index (κ2) is 9.41. The van der Waals surface area contributed by atoms with Gasteiger partial charge in [0, 0.05) is 31.5 Å². The summed E-state index contributed by atoms with van der Waals surface area (Å²) in [6.07, 6.45) is -2.26. The number of rotatable bonds is 7. The van der Waals surface area contributed by atoms with Crippen molar-refractivity contribution in [3.8, 4) is 11.3 Å². The Bertz CT molecular complexity index is 1030. The van der Waals surface area contributed by atoms with E-state index in [-0.39, 0.29) is 5.95 Å². The van der Waals surface area contributed by atoms with Crippen LogP contribution in [0.25, 0.3) is 11.3 Å². The number of hydrogen-bond donors (Lipinski definition) is 3. The molecule has 1 atom stereocenters. The Morgan fingerprint density at radius 3 is 2.45 bits per heavy atom. The minimum atomic E-state index is -4.66. The number of benzene rings is 1. The normalized spacial score (nSPS) is 12.2. The van der Waals surface area contributed by atoms with Gasteiger partial charge in [-0.25, -0.2) is 4.98 Å². The number of aromatic nitrogens is 3. The maximum atomic E-state index is 13.3. The molecule has 0 fully saturated rings. The molecule has 10 heteroatoms. The Hall–Kier alpha value is -3.69. The summed E-state index contributed by atoms with van der Waals surface area (Å²) >= 11 is 0. The van der Waals surface area contributed by atoms with Gasteiger partial charge in [0.15, 0.2) is 0 Å². The van der Waals surface area contributed by atoms with Gasteiger partial charge in [-0.1, -0.05) is 30.3 Å². The molecule has 0 saturated heterocycles. The number of likely N-dealkylation sites (N-methyl/N-ethyl adjacent to an activating group) is 1. The Balaban J connectivity index is 1.74. The van der Waals surface area contributed by atoms with Crippen LogP contribution < -0.4 is 16.0 Å². The first-order chi connectivity index (χ1) is 14.8. The molecule has 0 saturated carbocycles. The van der Waals surface area contributed by atoms with E-state index in [1.54, 1.807) is 6.20 Å². The number of halogens is 3. The average molecular weight is 430 g/mol. The lowest BCUT2D eigenvalue weighted by molar-refractivity contribution is -0.137. The third-order valence-corrected chi connectivity index (χ3v) is 4.45. The minimum Gasteiger partial charge on any atom is -0.358 e. The number of amides is 1. The maximum absolute atomic E-state index is 13.3. The van der Waals surface area contributed by atoms with Gasteiger partial charge in [0.25, 0.3) is 0 Å². The lowest BCUT2D eigenvalue weighted by Crippen LogP contribution is -2.36. The monoisotopic (exact) mass is 430 g/mol. The van der Waals surface area contributed by atoms with Crippen LogP contribution in [0.3, 0.4) is 0 Å². The van der Waals surface area contributed by atoms with Gasteiger partial charge in [-0.2, -0.15) is 18.2 Å². The van der Waals surface area contributed by atoms with Crippen molar-refractivity contribution >= 4 is 17.7 Å². The van der Waals surface area contributed by atoms with Crippen molar-refractivity contribution in [1.29, 1.82) is 0 Å². The first kappa shape index (κ1) is 22.0. The van der Waals surface area contributed by atoms with Gasteiger partial charge in [0.1, 0.15) is 17.4 Å². The van der Waals surface area contributed by atoms with E-state index in [9.17, 15) is 18.0 Å². The second-order valence-corrected chi connectivity index (χ2v) is 6.70. The van der Waals surface area contributed by atoms with E-state index in [0.717, 1.165) is 16.8 Å². The van der Waals surface area contributed by atoms with Gasteiger partial charge < -0.3 is 16.0 Å². The molecule has 0 spiro atoms. The van der Waals surface area contributed by atoms with E-state index < -0.39 is 29.5 Å². The third-order valence-electron chi connectivity index (χ3n) is 4.45. The summed E-state index contributed by atoms with van der Waals surface area (Å²) in [4.78, 5) is 23.7. The first-order valence-electron chi connectivity index (χ1n) is 9.44. The van der Waals surface area contributed by atoms with Gasteiger partial charge in [-0.3, -0.25) is 9.78 Å². The van der Waals surface area contributed by atoms with Crippen molar-refractivity contribution in [2.24, 2.45) is 0 Å². The molecule has 1 aromatic carbocycles. The lowest BCUT2D eigenvalue weighted by Gasteiger charge is -2.18. The summed E-state index contributed by atoms with van der Waals surface area (Å²) in [6.45, 7) is 1.75. The number of alkyl halides is 3. The predicted molar refractivity (Wildman–Crippen MR) is 111 cm³/mol. The van der Waals surface area contributed by atoms with Crippen molar-refractivity contribution < 1.29 is 18.0 Å². The topological polar surface area (TPSA) is 91.8 Å². The zero-order valence-electron chi connectivity index (χ0n) is 16.9. The molecule has 7 nitrogen and oxygen atoms in total. The van der Waals surface area contributed by atoms with Gasteiger partial charge in [0.2, 0.25) is 11.9 Å². The Kier molecular flexibility index (Phi) is 6.68. The predicted octanol–water partition coefficient (Wildman–Crippen LogP) is 3.72. The number of nitrogens with one attached hydrogen (secondary N) is 3. The van der Waals surface area contributed by atoms with Crippen LogP contribution in [0.5, 0.6) is 0 Å². The number of pyridine rings is 1. The summed E-state index contributed by atoms with van der Waals surface area (Å²) in [5, 5.41) is 7.79. The number of carbonyl (C=O) groups excluding carboxylic acids is 1. The number of anilines is 2. The van der Waals surface area contributed by atoms with E-state index in [1.807, 2.05) is 42.5 Å². The van der Waals surface area contributed by atoms with E-state index in [0.29, 0.717) is 12.7 Å². The number of nitrogens with zero attached hydrogens (tertiary/aromatic N) is 3. The molecular weight excluding hydrogens is 409 g/mol. The van der Waals surface area contributed by atoms with Crippen LogP contribution in [0.4, 0.5) is 24.9 Å². The van der Waals surface area contributed by atoms with Gasteiger partial charge in [-0.05, 0) is 24.6 Å². The maximum Gasteiger partial charge on any atom is 0.421 e. The summed E-state index contributed by atoms with van der Waals surface area (Å²) in [6, 6.07) is 12.3. The molecule has 3 N–H and O–H groups in total. The molecule has 2 heterocycles. The second-order valence-electron chi connectivity index (χ2n) is 6.70. The Morgan fingerprint density at radius 1 is 1.10 bits per heavy atom. The molecule has 1 amide bonds. The van der Waals surface area contributed by atoms with Crippen molar-refractivity contribution in [3.05, 3.63) is 66.0 Å². The largest absolute Gasteiger partial charge is 0.421 e. The van der Waals surface area contributed by atoms with Crippen molar-refractivity contribution in [2.45, 2.75) is 25.7 Å². The summed E-state index contributed by atoms with van der Waals surface area (Å²) in [7, 11) is 1.40. The molecule has 0 aliphatic heterocycles. The van der Waals surface area contributed by atoms with Gasteiger partial charge >= 0.3 is 6.18 Å². The summed E-state index contributed by atoms with van der Waals surface area (Å²) in [5.41, 5.74) is 1.63. The zero-order chi connectivity index (χ0) is 22.4. The van der Waals surface area contributed by atoms with Crippen LogP contribution in [-0.2, 0) is 17.5 Å². The van der Waals surface area contributed by atoms with Crippen molar-refractivity contribution in [2.75, 3.05) is 17.7 Å². The molecular formula is C21H21F3N6O. The van der Waals surface area contributed by atoms with Crippen molar-refractivity contribution in [1.82, 2.24) is 20.3 Å². The number of carbonyl (C=O) groups is 1. The molecule has 3 aromatic rings. The van der Waals surface area contributed by atoms with E-state index in [2.05, 4.69) is 30.9 Å².